The van der Waals surface area contributed by atoms with Gasteiger partial charge in [0.15, 0.2) is 5.78 Å². The zero-order chi connectivity index (χ0) is 28.1. The maximum absolute atomic E-state index is 13.8. The van der Waals surface area contributed by atoms with E-state index in [-0.39, 0.29) is 17.6 Å². The number of rotatable bonds is 16. The van der Waals surface area contributed by atoms with Crippen LogP contribution in [0.3, 0.4) is 0 Å². The number of ether oxygens (including phenoxy) is 1. The van der Waals surface area contributed by atoms with E-state index >= 15 is 0 Å². The van der Waals surface area contributed by atoms with Crippen LogP contribution < -0.4 is 0 Å². The number of hydrogen-bond acceptors (Lipinski definition) is 4. The maximum Gasteiger partial charge on any atom is 0.306 e. The molecule has 1 aliphatic heterocycles. The third kappa shape index (κ3) is 9.82. The summed E-state index contributed by atoms with van der Waals surface area (Å²) in [4.78, 5) is 27.9. The molecular weight excluding hydrogens is 557 g/mol. The van der Waals surface area contributed by atoms with Crippen molar-refractivity contribution in [3.05, 3.63) is 69.4 Å². The monoisotopic (exact) mass is 601 g/mol. The molecule has 0 spiro atoms. The number of halogens is 2. The molecule has 0 amide bonds. The number of likely N-dealkylation sites (tertiary alicyclic amines) is 1. The molecule has 0 aromatic heterocycles. The lowest BCUT2D eigenvalue weighted by Gasteiger charge is -2.41. The highest BCUT2D eigenvalue weighted by molar-refractivity contribution is 9.10. The SMILES string of the molecule is CCCCCCCCCC(=O)OC1(c2ccc(Br)cc2)CCN(CCCC(=O)c2ccc(F)c(CC)c2)CC1. The van der Waals surface area contributed by atoms with Crippen LogP contribution in [-0.2, 0) is 21.6 Å². The number of ketones is 1. The number of Topliss-reactive ketones (excluding diaryl/α,β-unsaturated/α-hetero) is 1. The van der Waals surface area contributed by atoms with E-state index in [1.807, 2.05) is 19.1 Å². The van der Waals surface area contributed by atoms with Crippen LogP contribution in [0.15, 0.2) is 46.9 Å². The lowest BCUT2D eigenvalue weighted by molar-refractivity contribution is -0.167. The van der Waals surface area contributed by atoms with Gasteiger partial charge in [0.25, 0.3) is 0 Å². The van der Waals surface area contributed by atoms with Gasteiger partial charge in [-0.15, -0.1) is 0 Å². The number of carbonyl (C=O) groups is 2. The topological polar surface area (TPSA) is 46.6 Å². The largest absolute Gasteiger partial charge is 0.454 e. The molecule has 2 aromatic rings. The van der Waals surface area contributed by atoms with Crippen molar-refractivity contribution in [1.82, 2.24) is 4.90 Å². The van der Waals surface area contributed by atoms with Crippen LogP contribution in [0.1, 0.15) is 112 Å². The summed E-state index contributed by atoms with van der Waals surface area (Å²) < 4.78 is 21.1. The first-order chi connectivity index (χ1) is 18.9. The number of carbonyl (C=O) groups excluding carboxylic acids is 2. The first kappa shape index (κ1) is 31.5. The van der Waals surface area contributed by atoms with Gasteiger partial charge in [-0.25, -0.2) is 4.39 Å². The van der Waals surface area contributed by atoms with Crippen LogP contribution in [-0.4, -0.2) is 36.3 Å². The summed E-state index contributed by atoms with van der Waals surface area (Å²) in [7, 11) is 0. The van der Waals surface area contributed by atoms with Gasteiger partial charge in [0.05, 0.1) is 0 Å². The third-order valence-corrected chi connectivity index (χ3v) is 8.48. The summed E-state index contributed by atoms with van der Waals surface area (Å²) >= 11 is 3.52. The van der Waals surface area contributed by atoms with Crippen molar-refractivity contribution in [2.75, 3.05) is 19.6 Å². The highest BCUT2D eigenvalue weighted by Crippen LogP contribution is 2.38. The van der Waals surface area contributed by atoms with Crippen molar-refractivity contribution in [2.45, 2.75) is 103 Å². The Morgan fingerprint density at radius 1 is 0.897 bits per heavy atom. The molecule has 3 rings (SSSR count). The Labute approximate surface area is 242 Å². The van der Waals surface area contributed by atoms with E-state index in [0.29, 0.717) is 30.4 Å². The average molecular weight is 603 g/mol. The summed E-state index contributed by atoms with van der Waals surface area (Å²) in [5.41, 5.74) is 1.63. The standard InChI is InChI=1S/C33H45BrFNO3/c1-3-5-6-7-8-9-10-13-32(38)39-33(28-15-17-29(34)18-16-28)20-23-36(24-21-33)22-11-12-31(37)27-14-19-30(35)26(4-2)25-27/h14-19,25H,3-13,20-24H2,1-2H3. The Bertz CT molecular complexity index is 1050. The van der Waals surface area contributed by atoms with Crippen LogP contribution in [0.4, 0.5) is 4.39 Å². The zero-order valence-corrected chi connectivity index (χ0v) is 25.4. The minimum Gasteiger partial charge on any atom is -0.454 e. The molecule has 6 heteroatoms. The predicted molar refractivity (Wildman–Crippen MR) is 160 cm³/mol. The van der Waals surface area contributed by atoms with Gasteiger partial charge in [0.2, 0.25) is 0 Å². The average Bonchev–Trinajstić information content (AvgIpc) is 2.94. The van der Waals surface area contributed by atoms with Crippen LogP contribution in [0.5, 0.6) is 0 Å². The molecule has 2 aromatic carbocycles. The Kier molecular flexibility index (Phi) is 13.1. The molecule has 0 unspecified atom stereocenters. The van der Waals surface area contributed by atoms with Gasteiger partial charge in [-0.3, -0.25) is 9.59 Å². The summed E-state index contributed by atoms with van der Waals surface area (Å²) in [6, 6.07) is 12.8. The number of piperidine rings is 1. The summed E-state index contributed by atoms with van der Waals surface area (Å²) in [6.45, 7) is 6.55. The number of benzene rings is 2. The molecule has 0 radical (unpaired) electrons. The van der Waals surface area contributed by atoms with Gasteiger partial charge in [-0.05, 0) is 67.3 Å². The second kappa shape index (κ2) is 16.3. The molecule has 0 bridgehead atoms. The molecule has 0 saturated carbocycles. The van der Waals surface area contributed by atoms with Crippen molar-refractivity contribution in [1.29, 1.82) is 0 Å². The Morgan fingerprint density at radius 3 is 2.23 bits per heavy atom. The second-order valence-corrected chi connectivity index (χ2v) is 11.8. The van der Waals surface area contributed by atoms with E-state index in [0.717, 1.165) is 61.8 Å². The van der Waals surface area contributed by atoms with Gasteiger partial charge in [0.1, 0.15) is 11.4 Å². The van der Waals surface area contributed by atoms with E-state index in [4.69, 9.17) is 4.74 Å². The van der Waals surface area contributed by atoms with E-state index in [1.54, 1.807) is 12.1 Å². The lowest BCUT2D eigenvalue weighted by Crippen LogP contribution is -2.45. The molecule has 1 saturated heterocycles. The van der Waals surface area contributed by atoms with Gasteiger partial charge in [-0.1, -0.05) is 80.4 Å². The fourth-order valence-electron chi connectivity index (χ4n) is 5.46. The molecule has 0 aliphatic carbocycles. The van der Waals surface area contributed by atoms with Crippen molar-refractivity contribution in [2.24, 2.45) is 0 Å². The molecule has 1 aliphatic rings. The van der Waals surface area contributed by atoms with Crippen LogP contribution in [0, 0.1) is 5.82 Å². The number of hydrogen-bond donors (Lipinski definition) is 0. The molecule has 0 atom stereocenters. The van der Waals surface area contributed by atoms with Crippen molar-refractivity contribution in [3.8, 4) is 0 Å². The van der Waals surface area contributed by atoms with Gasteiger partial charge in [-0.2, -0.15) is 0 Å². The van der Waals surface area contributed by atoms with Crippen LogP contribution in [0.2, 0.25) is 0 Å². The molecule has 39 heavy (non-hydrogen) atoms. The molecular formula is C33H45BrFNO3. The van der Waals surface area contributed by atoms with Crippen molar-refractivity contribution >= 4 is 27.7 Å². The number of aryl methyl sites for hydroxylation is 1. The van der Waals surface area contributed by atoms with Gasteiger partial charge >= 0.3 is 5.97 Å². The van der Waals surface area contributed by atoms with E-state index in [2.05, 4.69) is 39.9 Å². The molecule has 214 valence electrons. The number of unbranched alkanes of at least 4 members (excludes halogenated alkanes) is 6. The predicted octanol–water partition coefficient (Wildman–Crippen LogP) is 8.79. The molecule has 0 N–H and O–H groups in total. The Hall–Kier alpha value is -2.05. The first-order valence-corrected chi connectivity index (χ1v) is 15.7. The van der Waals surface area contributed by atoms with Gasteiger partial charge in [0, 0.05) is 48.8 Å². The van der Waals surface area contributed by atoms with Crippen LogP contribution >= 0.6 is 15.9 Å². The van der Waals surface area contributed by atoms with E-state index in [9.17, 15) is 14.0 Å². The molecule has 1 fully saturated rings. The highest BCUT2D eigenvalue weighted by atomic mass is 79.9. The number of nitrogens with zero attached hydrogens (tertiary/aromatic N) is 1. The van der Waals surface area contributed by atoms with Crippen molar-refractivity contribution < 1.29 is 18.7 Å². The second-order valence-electron chi connectivity index (χ2n) is 10.9. The Balaban J connectivity index is 1.50. The van der Waals surface area contributed by atoms with Gasteiger partial charge < -0.3 is 9.64 Å². The zero-order valence-electron chi connectivity index (χ0n) is 23.8. The maximum atomic E-state index is 13.8. The quantitative estimate of drug-likeness (QED) is 0.109. The van der Waals surface area contributed by atoms with E-state index < -0.39 is 5.60 Å². The minimum atomic E-state index is -0.601. The third-order valence-electron chi connectivity index (χ3n) is 7.95. The highest BCUT2D eigenvalue weighted by Gasteiger charge is 2.39. The summed E-state index contributed by atoms with van der Waals surface area (Å²) in [5, 5.41) is 0. The Morgan fingerprint density at radius 2 is 1.56 bits per heavy atom. The molecule has 1 heterocycles. The summed E-state index contributed by atoms with van der Waals surface area (Å²) in [5.74, 6) is -0.291. The smallest absolute Gasteiger partial charge is 0.306 e. The first-order valence-electron chi connectivity index (χ1n) is 14.9. The minimum absolute atomic E-state index is 0.0604. The number of esters is 1. The van der Waals surface area contributed by atoms with E-state index in [1.165, 1.54) is 38.2 Å². The lowest BCUT2D eigenvalue weighted by atomic mass is 9.84. The molecule has 4 nitrogen and oxygen atoms in total. The fourth-order valence-corrected chi connectivity index (χ4v) is 5.73. The summed E-state index contributed by atoms with van der Waals surface area (Å²) in [6.07, 6.45) is 11.9. The normalized spacial score (nSPS) is 15.3. The van der Waals surface area contributed by atoms with Crippen molar-refractivity contribution in [3.63, 3.8) is 0 Å². The fraction of sp³-hybridized carbons (Fsp3) is 0.576. The van der Waals surface area contributed by atoms with Crippen LogP contribution in [0.25, 0.3) is 0 Å².